The third-order valence-corrected chi connectivity index (χ3v) is 5.34. The lowest BCUT2D eigenvalue weighted by Gasteiger charge is -2.35. The Balaban J connectivity index is 1.61. The molecular formula is C20H27N5O2S. The SMILES string of the molecule is CCNC(=NCc1csc(-c2ccccc2)n1)N1CCN(C(=O)OCC)CC1. The summed E-state index contributed by atoms with van der Waals surface area (Å²) >= 11 is 1.64. The summed E-state index contributed by atoms with van der Waals surface area (Å²) in [5.74, 6) is 0.861. The number of nitrogens with zero attached hydrogens (tertiary/aromatic N) is 4. The summed E-state index contributed by atoms with van der Waals surface area (Å²) in [6.07, 6.45) is -0.236. The van der Waals surface area contributed by atoms with Gasteiger partial charge in [-0.05, 0) is 13.8 Å². The lowest BCUT2D eigenvalue weighted by atomic mass is 10.2. The third kappa shape index (κ3) is 5.22. The number of aromatic nitrogens is 1. The highest BCUT2D eigenvalue weighted by molar-refractivity contribution is 7.13. The quantitative estimate of drug-likeness (QED) is 0.616. The summed E-state index contributed by atoms with van der Waals surface area (Å²) in [4.78, 5) is 25.3. The highest BCUT2D eigenvalue weighted by atomic mass is 32.1. The average molecular weight is 402 g/mol. The highest BCUT2D eigenvalue weighted by Gasteiger charge is 2.23. The second kappa shape index (κ2) is 10.1. The van der Waals surface area contributed by atoms with Crippen LogP contribution in [0, 0.1) is 0 Å². The average Bonchev–Trinajstić information content (AvgIpc) is 3.21. The molecule has 0 radical (unpaired) electrons. The zero-order valence-corrected chi connectivity index (χ0v) is 17.2. The maximum Gasteiger partial charge on any atom is 0.409 e. The molecule has 0 atom stereocenters. The van der Waals surface area contributed by atoms with Crippen molar-refractivity contribution in [1.29, 1.82) is 0 Å². The van der Waals surface area contributed by atoms with Crippen LogP contribution in [0.2, 0.25) is 0 Å². The molecule has 1 aliphatic rings. The minimum atomic E-state index is -0.236. The Labute approximate surface area is 170 Å². The molecule has 8 heteroatoms. The Kier molecular flexibility index (Phi) is 7.25. The van der Waals surface area contributed by atoms with Gasteiger partial charge in [0.05, 0.1) is 18.8 Å². The number of aliphatic imine (C=N–C) groups is 1. The van der Waals surface area contributed by atoms with Gasteiger partial charge in [0, 0.05) is 43.7 Å². The zero-order chi connectivity index (χ0) is 19.8. The van der Waals surface area contributed by atoms with Crippen molar-refractivity contribution >= 4 is 23.4 Å². The lowest BCUT2D eigenvalue weighted by Crippen LogP contribution is -2.53. The van der Waals surface area contributed by atoms with Gasteiger partial charge < -0.3 is 19.9 Å². The molecule has 0 aliphatic carbocycles. The van der Waals surface area contributed by atoms with Crippen molar-refractivity contribution in [2.75, 3.05) is 39.3 Å². The zero-order valence-electron chi connectivity index (χ0n) is 16.4. The number of guanidine groups is 1. The van der Waals surface area contributed by atoms with Crippen LogP contribution in [0.25, 0.3) is 10.6 Å². The summed E-state index contributed by atoms with van der Waals surface area (Å²) in [5.41, 5.74) is 2.09. The smallest absolute Gasteiger partial charge is 0.409 e. The maximum atomic E-state index is 11.9. The second-order valence-corrected chi connectivity index (χ2v) is 7.21. The van der Waals surface area contributed by atoms with Gasteiger partial charge in [0.15, 0.2) is 5.96 Å². The topological polar surface area (TPSA) is 70.1 Å². The van der Waals surface area contributed by atoms with E-state index in [9.17, 15) is 4.79 Å². The number of hydrogen-bond acceptors (Lipinski definition) is 5. The Hall–Kier alpha value is -2.61. The summed E-state index contributed by atoms with van der Waals surface area (Å²) in [7, 11) is 0. The Morgan fingerprint density at radius 2 is 1.89 bits per heavy atom. The summed E-state index contributed by atoms with van der Waals surface area (Å²) in [6, 6.07) is 10.2. The van der Waals surface area contributed by atoms with Crippen molar-refractivity contribution in [2.24, 2.45) is 4.99 Å². The molecule has 0 bridgehead atoms. The fraction of sp³-hybridized carbons (Fsp3) is 0.450. The van der Waals surface area contributed by atoms with Gasteiger partial charge in [0.1, 0.15) is 5.01 Å². The van der Waals surface area contributed by atoms with Crippen molar-refractivity contribution in [3.05, 3.63) is 41.4 Å². The summed E-state index contributed by atoms with van der Waals surface area (Å²) < 4.78 is 5.08. The van der Waals surface area contributed by atoms with Crippen LogP contribution in [0.4, 0.5) is 4.79 Å². The van der Waals surface area contributed by atoms with Gasteiger partial charge in [0.2, 0.25) is 0 Å². The van der Waals surface area contributed by atoms with E-state index >= 15 is 0 Å². The van der Waals surface area contributed by atoms with Crippen LogP contribution < -0.4 is 5.32 Å². The molecule has 3 rings (SSSR count). The van der Waals surface area contributed by atoms with Crippen molar-refractivity contribution in [3.8, 4) is 10.6 Å². The first-order chi connectivity index (χ1) is 13.7. The minimum Gasteiger partial charge on any atom is -0.450 e. The van der Waals surface area contributed by atoms with Gasteiger partial charge in [-0.1, -0.05) is 30.3 Å². The largest absolute Gasteiger partial charge is 0.450 e. The van der Waals surface area contributed by atoms with Crippen LogP contribution in [0.5, 0.6) is 0 Å². The van der Waals surface area contributed by atoms with E-state index in [1.54, 1.807) is 16.2 Å². The molecule has 1 saturated heterocycles. The molecule has 1 aromatic heterocycles. The number of benzene rings is 1. The summed E-state index contributed by atoms with van der Waals surface area (Å²) in [6.45, 7) is 8.35. The standard InChI is InChI=1S/C20H27N5O2S/c1-3-21-19(24-10-12-25(13-11-24)20(26)27-4-2)22-14-17-15-28-18(23-17)16-8-6-5-7-9-16/h5-9,15H,3-4,10-14H2,1-2H3,(H,21,22). The van der Waals surface area contributed by atoms with E-state index in [4.69, 9.17) is 14.7 Å². The minimum absolute atomic E-state index is 0.236. The van der Waals surface area contributed by atoms with E-state index in [1.807, 2.05) is 25.1 Å². The Bertz CT molecular complexity index is 785. The number of nitrogens with one attached hydrogen (secondary N) is 1. The van der Waals surface area contributed by atoms with Gasteiger partial charge in [-0.25, -0.2) is 14.8 Å². The van der Waals surface area contributed by atoms with Crippen molar-refractivity contribution in [3.63, 3.8) is 0 Å². The van der Waals surface area contributed by atoms with Crippen molar-refractivity contribution < 1.29 is 9.53 Å². The molecule has 1 fully saturated rings. The number of amides is 1. The predicted octanol–water partition coefficient (Wildman–Crippen LogP) is 3.05. The number of thiazole rings is 1. The molecular weight excluding hydrogens is 374 g/mol. The Morgan fingerprint density at radius 3 is 2.57 bits per heavy atom. The first kappa shape index (κ1) is 20.1. The number of piperazine rings is 1. The van der Waals surface area contributed by atoms with Crippen LogP contribution in [-0.2, 0) is 11.3 Å². The van der Waals surface area contributed by atoms with E-state index < -0.39 is 0 Å². The predicted molar refractivity (Wildman–Crippen MR) is 113 cm³/mol. The second-order valence-electron chi connectivity index (χ2n) is 6.35. The lowest BCUT2D eigenvalue weighted by molar-refractivity contribution is 0.0914. The van der Waals surface area contributed by atoms with Crippen LogP contribution in [-0.4, -0.2) is 66.2 Å². The number of rotatable bonds is 5. The van der Waals surface area contributed by atoms with E-state index in [-0.39, 0.29) is 6.09 Å². The number of ether oxygens (including phenoxy) is 1. The number of carbonyl (C=O) groups excluding carboxylic acids is 1. The van der Waals surface area contributed by atoms with E-state index in [0.717, 1.165) is 41.9 Å². The first-order valence-corrected chi connectivity index (χ1v) is 10.5. The molecule has 0 unspecified atom stereocenters. The molecule has 1 aliphatic heterocycles. The van der Waals surface area contributed by atoms with Crippen LogP contribution in [0.1, 0.15) is 19.5 Å². The molecule has 1 aromatic carbocycles. The Morgan fingerprint density at radius 1 is 1.18 bits per heavy atom. The molecule has 0 saturated carbocycles. The van der Waals surface area contributed by atoms with Gasteiger partial charge >= 0.3 is 6.09 Å². The van der Waals surface area contributed by atoms with Crippen LogP contribution in [0.15, 0.2) is 40.7 Å². The number of hydrogen-bond donors (Lipinski definition) is 1. The number of carbonyl (C=O) groups is 1. The molecule has 150 valence electrons. The molecule has 2 aromatic rings. The van der Waals surface area contributed by atoms with Crippen LogP contribution in [0.3, 0.4) is 0 Å². The fourth-order valence-electron chi connectivity index (χ4n) is 2.99. The van der Waals surface area contributed by atoms with E-state index in [0.29, 0.717) is 26.2 Å². The molecule has 1 amide bonds. The highest BCUT2D eigenvalue weighted by Crippen LogP contribution is 2.23. The fourth-order valence-corrected chi connectivity index (χ4v) is 3.81. The van der Waals surface area contributed by atoms with Gasteiger partial charge in [-0.2, -0.15) is 0 Å². The van der Waals surface area contributed by atoms with Gasteiger partial charge in [0.25, 0.3) is 0 Å². The van der Waals surface area contributed by atoms with Crippen LogP contribution >= 0.6 is 11.3 Å². The van der Waals surface area contributed by atoms with Crippen molar-refractivity contribution in [1.82, 2.24) is 20.1 Å². The molecule has 7 nitrogen and oxygen atoms in total. The van der Waals surface area contributed by atoms with Gasteiger partial charge in [-0.3, -0.25) is 0 Å². The van der Waals surface area contributed by atoms with E-state index in [2.05, 4.69) is 34.7 Å². The maximum absolute atomic E-state index is 11.9. The summed E-state index contributed by atoms with van der Waals surface area (Å²) in [5, 5.41) is 6.42. The normalized spacial score (nSPS) is 14.9. The third-order valence-electron chi connectivity index (χ3n) is 4.40. The first-order valence-electron chi connectivity index (χ1n) is 9.66. The molecule has 1 N–H and O–H groups in total. The van der Waals surface area contributed by atoms with Crippen molar-refractivity contribution in [2.45, 2.75) is 20.4 Å². The van der Waals surface area contributed by atoms with E-state index in [1.165, 1.54) is 0 Å². The monoisotopic (exact) mass is 401 g/mol. The molecule has 2 heterocycles. The molecule has 0 spiro atoms. The van der Waals surface area contributed by atoms with Gasteiger partial charge in [-0.15, -0.1) is 11.3 Å². The molecule has 28 heavy (non-hydrogen) atoms.